The van der Waals surface area contributed by atoms with Gasteiger partial charge in [-0.3, -0.25) is 0 Å². The standard InChI is InChI=1S/C36H29NO2S/c1-26-21-23-30(24-22-26)40(38,39)37-36-32-20-12-11-19-31(32)34(29-17-9-4-10-18-29)35(36)33(28-15-7-3-8-16-28)25-27-13-5-2-6-14-27/h2-25,36-37H,1H3/b33-25+. The quantitative estimate of drug-likeness (QED) is 0.213. The van der Waals surface area contributed by atoms with Gasteiger partial charge in [-0.05, 0) is 69.7 Å². The van der Waals surface area contributed by atoms with E-state index in [-0.39, 0.29) is 4.90 Å². The first-order valence-electron chi connectivity index (χ1n) is 13.3. The number of sulfonamides is 1. The number of hydrogen-bond donors (Lipinski definition) is 1. The van der Waals surface area contributed by atoms with Gasteiger partial charge in [0.2, 0.25) is 10.0 Å². The second kappa shape index (κ2) is 10.9. The highest BCUT2D eigenvalue weighted by atomic mass is 32.2. The highest BCUT2D eigenvalue weighted by Crippen LogP contribution is 2.50. The predicted molar refractivity (Wildman–Crippen MR) is 164 cm³/mol. The van der Waals surface area contributed by atoms with Crippen LogP contribution >= 0.6 is 0 Å². The molecular weight excluding hydrogens is 510 g/mol. The fraction of sp³-hybridized carbons (Fsp3) is 0.0556. The highest BCUT2D eigenvalue weighted by molar-refractivity contribution is 7.89. The van der Waals surface area contributed by atoms with E-state index < -0.39 is 16.1 Å². The minimum absolute atomic E-state index is 0.247. The van der Waals surface area contributed by atoms with E-state index in [0.717, 1.165) is 50.1 Å². The third kappa shape index (κ3) is 5.07. The number of fused-ring (bicyclic) bond motifs is 1. The molecule has 0 spiro atoms. The van der Waals surface area contributed by atoms with Crippen molar-refractivity contribution in [3.8, 4) is 0 Å². The summed E-state index contributed by atoms with van der Waals surface area (Å²) in [7, 11) is -3.84. The molecule has 1 unspecified atom stereocenters. The van der Waals surface area contributed by atoms with E-state index in [1.54, 1.807) is 12.1 Å². The third-order valence-corrected chi connectivity index (χ3v) is 8.69. The molecule has 0 bridgehead atoms. The van der Waals surface area contributed by atoms with Gasteiger partial charge in [0, 0.05) is 0 Å². The number of hydrogen-bond acceptors (Lipinski definition) is 2. The maximum absolute atomic E-state index is 13.9. The van der Waals surface area contributed by atoms with E-state index >= 15 is 0 Å². The molecule has 0 radical (unpaired) electrons. The average molecular weight is 540 g/mol. The van der Waals surface area contributed by atoms with Gasteiger partial charge in [0.1, 0.15) is 0 Å². The van der Waals surface area contributed by atoms with Crippen LogP contribution in [0.5, 0.6) is 0 Å². The minimum Gasteiger partial charge on any atom is -0.207 e. The van der Waals surface area contributed by atoms with Crippen molar-refractivity contribution in [2.75, 3.05) is 0 Å². The predicted octanol–water partition coefficient (Wildman–Crippen LogP) is 8.07. The van der Waals surface area contributed by atoms with Crippen LogP contribution in [0.1, 0.15) is 39.4 Å². The molecule has 4 heteroatoms. The van der Waals surface area contributed by atoms with Crippen LogP contribution < -0.4 is 4.72 Å². The van der Waals surface area contributed by atoms with Crippen LogP contribution in [0.3, 0.4) is 0 Å². The Labute approximate surface area is 236 Å². The van der Waals surface area contributed by atoms with Crippen molar-refractivity contribution in [2.24, 2.45) is 0 Å². The van der Waals surface area contributed by atoms with Gasteiger partial charge >= 0.3 is 0 Å². The molecule has 0 aliphatic heterocycles. The summed E-state index contributed by atoms with van der Waals surface area (Å²) in [6, 6.07) is 45.1. The summed E-state index contributed by atoms with van der Waals surface area (Å²) < 4.78 is 30.8. The molecule has 0 saturated heterocycles. The van der Waals surface area contributed by atoms with Crippen molar-refractivity contribution < 1.29 is 8.42 Å². The maximum Gasteiger partial charge on any atom is 0.241 e. The van der Waals surface area contributed by atoms with Gasteiger partial charge in [-0.15, -0.1) is 0 Å². The van der Waals surface area contributed by atoms with Gasteiger partial charge < -0.3 is 0 Å². The van der Waals surface area contributed by atoms with Crippen LogP contribution in [0.2, 0.25) is 0 Å². The first kappa shape index (κ1) is 25.8. The molecule has 6 rings (SSSR count). The largest absolute Gasteiger partial charge is 0.241 e. The van der Waals surface area contributed by atoms with Gasteiger partial charge in [0.05, 0.1) is 10.9 Å². The molecule has 0 amide bonds. The van der Waals surface area contributed by atoms with Crippen LogP contribution in [-0.4, -0.2) is 8.42 Å². The molecule has 196 valence electrons. The van der Waals surface area contributed by atoms with Crippen molar-refractivity contribution in [1.82, 2.24) is 4.72 Å². The first-order chi connectivity index (χ1) is 19.5. The summed E-state index contributed by atoms with van der Waals surface area (Å²) in [4.78, 5) is 0.247. The molecule has 1 aliphatic carbocycles. The van der Waals surface area contributed by atoms with Crippen LogP contribution in [0, 0.1) is 6.92 Å². The van der Waals surface area contributed by atoms with E-state index in [9.17, 15) is 8.42 Å². The zero-order valence-corrected chi connectivity index (χ0v) is 23.0. The SMILES string of the molecule is Cc1ccc(S(=O)(=O)NC2C(/C(=C/c3ccccc3)c3ccccc3)=C(c3ccccc3)c3ccccc32)cc1. The Morgan fingerprint density at radius 1 is 0.675 bits per heavy atom. The van der Waals surface area contributed by atoms with E-state index in [1.165, 1.54) is 0 Å². The second-order valence-electron chi connectivity index (χ2n) is 9.94. The molecular formula is C36H29NO2S. The lowest BCUT2D eigenvalue weighted by Gasteiger charge is -2.22. The lowest BCUT2D eigenvalue weighted by Crippen LogP contribution is -2.29. The van der Waals surface area contributed by atoms with Crippen LogP contribution in [0.25, 0.3) is 17.2 Å². The van der Waals surface area contributed by atoms with Crippen molar-refractivity contribution >= 4 is 27.2 Å². The van der Waals surface area contributed by atoms with Crippen molar-refractivity contribution in [2.45, 2.75) is 17.9 Å². The topological polar surface area (TPSA) is 46.2 Å². The number of nitrogens with one attached hydrogen (secondary N) is 1. The molecule has 3 nitrogen and oxygen atoms in total. The fourth-order valence-corrected chi connectivity index (χ4v) is 6.53. The molecule has 1 aliphatic rings. The van der Waals surface area contributed by atoms with Gasteiger partial charge in [-0.2, -0.15) is 4.72 Å². The Morgan fingerprint density at radius 2 is 1.25 bits per heavy atom. The van der Waals surface area contributed by atoms with Gasteiger partial charge in [0.15, 0.2) is 0 Å². The fourth-order valence-electron chi connectivity index (χ4n) is 5.34. The van der Waals surface area contributed by atoms with Crippen molar-refractivity contribution in [3.05, 3.63) is 178 Å². The van der Waals surface area contributed by atoms with Crippen molar-refractivity contribution in [1.29, 1.82) is 0 Å². The molecule has 5 aromatic rings. The number of benzene rings is 5. The van der Waals surface area contributed by atoms with E-state index in [2.05, 4.69) is 53.3 Å². The maximum atomic E-state index is 13.9. The molecule has 40 heavy (non-hydrogen) atoms. The van der Waals surface area contributed by atoms with Crippen molar-refractivity contribution in [3.63, 3.8) is 0 Å². The number of aryl methyl sites for hydroxylation is 1. The zero-order valence-electron chi connectivity index (χ0n) is 22.2. The summed E-state index contributed by atoms with van der Waals surface area (Å²) in [6.45, 7) is 1.95. The molecule has 1 atom stereocenters. The summed E-state index contributed by atoms with van der Waals surface area (Å²) in [5.74, 6) is 0. The van der Waals surface area contributed by atoms with Crippen LogP contribution in [0.4, 0.5) is 0 Å². The lowest BCUT2D eigenvalue weighted by atomic mass is 9.88. The van der Waals surface area contributed by atoms with Crippen LogP contribution in [0.15, 0.2) is 150 Å². The van der Waals surface area contributed by atoms with Gasteiger partial charge in [-0.1, -0.05) is 133 Å². The molecule has 0 aromatic heterocycles. The Balaban J connectivity index is 1.63. The Morgan fingerprint density at radius 3 is 1.93 bits per heavy atom. The molecule has 1 N–H and O–H groups in total. The average Bonchev–Trinajstić information content (AvgIpc) is 3.30. The summed E-state index contributed by atoms with van der Waals surface area (Å²) in [6.07, 6.45) is 2.16. The minimum atomic E-state index is -3.84. The second-order valence-corrected chi connectivity index (χ2v) is 11.7. The van der Waals surface area contributed by atoms with E-state index in [0.29, 0.717) is 0 Å². The third-order valence-electron chi connectivity index (χ3n) is 7.25. The van der Waals surface area contributed by atoms with Gasteiger partial charge in [-0.25, -0.2) is 8.42 Å². The molecule has 0 fully saturated rings. The Hall–Kier alpha value is -4.51. The number of rotatable bonds is 7. The first-order valence-corrected chi connectivity index (χ1v) is 14.8. The van der Waals surface area contributed by atoms with E-state index in [1.807, 2.05) is 91.9 Å². The smallest absolute Gasteiger partial charge is 0.207 e. The summed E-state index contributed by atoms with van der Waals surface area (Å²) in [5.41, 5.74) is 8.98. The molecule has 5 aromatic carbocycles. The molecule has 0 saturated carbocycles. The molecule has 0 heterocycles. The monoisotopic (exact) mass is 539 g/mol. The highest BCUT2D eigenvalue weighted by Gasteiger charge is 2.37. The van der Waals surface area contributed by atoms with Crippen LogP contribution in [-0.2, 0) is 10.0 Å². The summed E-state index contributed by atoms with van der Waals surface area (Å²) >= 11 is 0. The normalized spacial score (nSPS) is 15.2. The lowest BCUT2D eigenvalue weighted by molar-refractivity contribution is 0.573. The van der Waals surface area contributed by atoms with E-state index in [4.69, 9.17) is 0 Å². The Kier molecular flexibility index (Phi) is 7.04. The van der Waals surface area contributed by atoms with Gasteiger partial charge in [0.25, 0.3) is 0 Å². The summed E-state index contributed by atoms with van der Waals surface area (Å²) in [5, 5.41) is 0. The zero-order chi connectivity index (χ0) is 27.5. The Bertz CT molecular complexity index is 1810.